The number of nitrogens with one attached hydrogen (secondary N) is 1. The number of hydrogen-bond acceptors (Lipinski definition) is 4. The van der Waals surface area contributed by atoms with E-state index in [2.05, 4.69) is 26.5 Å². The van der Waals surface area contributed by atoms with Gasteiger partial charge >= 0.3 is 6.18 Å². The largest absolute Gasteiger partial charge is 0.417 e. The Kier molecular flexibility index (Phi) is 7.54. The number of carbonyl (C=O) groups excluding carboxylic acids is 1. The van der Waals surface area contributed by atoms with Gasteiger partial charge in [0.2, 0.25) is 0 Å². The first-order chi connectivity index (χ1) is 15.6. The summed E-state index contributed by atoms with van der Waals surface area (Å²) in [6, 6.07) is 18.6. The highest BCUT2D eigenvalue weighted by molar-refractivity contribution is 9.10. The topological polar surface area (TPSA) is 78.8 Å². The number of benzene rings is 3. The van der Waals surface area contributed by atoms with E-state index in [4.69, 9.17) is 0 Å². The zero-order chi connectivity index (χ0) is 24.1. The molecular weight excluding hydrogens is 523 g/mol. The fourth-order valence-electron chi connectivity index (χ4n) is 2.87. The van der Waals surface area contributed by atoms with Crippen molar-refractivity contribution in [3.63, 3.8) is 0 Å². The molecule has 0 unspecified atom stereocenters. The Morgan fingerprint density at radius 1 is 1.00 bits per heavy atom. The van der Waals surface area contributed by atoms with Crippen LogP contribution in [0.15, 0.2) is 93.3 Å². The molecule has 0 saturated heterocycles. The first-order valence-corrected chi connectivity index (χ1v) is 11.6. The third kappa shape index (κ3) is 6.20. The molecule has 0 saturated carbocycles. The Hall–Kier alpha value is -3.18. The molecule has 6 nitrogen and oxygen atoms in total. The van der Waals surface area contributed by atoms with E-state index >= 15 is 0 Å². The quantitative estimate of drug-likeness (QED) is 0.345. The van der Waals surface area contributed by atoms with E-state index in [0.29, 0.717) is 4.47 Å². The standard InChI is InChI=1S/C22H17BrF3N3O3S/c23-17-8-6-9-18(13-17)29(33(31,32)19-10-2-1-3-11-19)15-21(30)28-27-14-16-7-4-5-12-20(16)22(24,25)26/h1-14H,15H2,(H,28,30)/b27-14-. The molecule has 0 spiro atoms. The van der Waals surface area contributed by atoms with Gasteiger partial charge in [-0.05, 0) is 36.4 Å². The van der Waals surface area contributed by atoms with Crippen LogP contribution in [0.25, 0.3) is 0 Å². The van der Waals surface area contributed by atoms with Gasteiger partial charge in [0.05, 0.1) is 22.4 Å². The Morgan fingerprint density at radius 2 is 1.67 bits per heavy atom. The van der Waals surface area contributed by atoms with Crippen LogP contribution in [-0.4, -0.2) is 27.1 Å². The van der Waals surface area contributed by atoms with Crippen molar-refractivity contribution in [3.05, 3.63) is 94.5 Å². The molecule has 1 N–H and O–H groups in total. The Labute approximate surface area is 196 Å². The molecule has 3 aromatic carbocycles. The minimum Gasteiger partial charge on any atom is -0.271 e. The normalized spacial score (nSPS) is 12.0. The van der Waals surface area contributed by atoms with Crippen LogP contribution in [-0.2, 0) is 21.0 Å². The molecule has 0 bridgehead atoms. The Bertz CT molecular complexity index is 1270. The van der Waals surface area contributed by atoms with Crippen molar-refractivity contribution >= 4 is 43.8 Å². The SMILES string of the molecule is O=C(CN(c1cccc(Br)c1)S(=O)(=O)c1ccccc1)N/N=C\c1ccccc1C(F)(F)F. The highest BCUT2D eigenvalue weighted by Gasteiger charge is 2.32. The van der Waals surface area contributed by atoms with Crippen LogP contribution in [0, 0.1) is 0 Å². The summed E-state index contributed by atoms with van der Waals surface area (Å²) in [5.41, 5.74) is 1.15. The lowest BCUT2D eigenvalue weighted by molar-refractivity contribution is -0.137. The number of nitrogens with zero attached hydrogens (tertiary/aromatic N) is 2. The van der Waals surface area contributed by atoms with Crippen molar-refractivity contribution in [1.82, 2.24) is 5.43 Å². The smallest absolute Gasteiger partial charge is 0.271 e. The van der Waals surface area contributed by atoms with Crippen molar-refractivity contribution in [2.75, 3.05) is 10.8 Å². The van der Waals surface area contributed by atoms with Crippen molar-refractivity contribution in [1.29, 1.82) is 0 Å². The number of hydrogen-bond donors (Lipinski definition) is 1. The molecule has 33 heavy (non-hydrogen) atoms. The molecule has 0 aliphatic rings. The number of carbonyl (C=O) groups is 1. The number of rotatable bonds is 7. The number of anilines is 1. The van der Waals surface area contributed by atoms with E-state index in [1.54, 1.807) is 30.3 Å². The highest BCUT2D eigenvalue weighted by Crippen LogP contribution is 2.31. The van der Waals surface area contributed by atoms with Gasteiger partial charge in [0.1, 0.15) is 6.54 Å². The van der Waals surface area contributed by atoms with Gasteiger partial charge in [-0.2, -0.15) is 18.3 Å². The molecule has 3 aromatic rings. The summed E-state index contributed by atoms with van der Waals surface area (Å²) in [6.07, 6.45) is -3.73. The molecular formula is C22H17BrF3N3O3S. The Morgan fingerprint density at radius 3 is 2.33 bits per heavy atom. The van der Waals surface area contributed by atoms with E-state index in [9.17, 15) is 26.4 Å². The number of alkyl halides is 3. The average molecular weight is 540 g/mol. The lowest BCUT2D eigenvalue weighted by Crippen LogP contribution is -2.39. The summed E-state index contributed by atoms with van der Waals surface area (Å²) < 4.78 is 67.2. The first-order valence-electron chi connectivity index (χ1n) is 9.40. The van der Waals surface area contributed by atoms with Gasteiger partial charge in [0.25, 0.3) is 15.9 Å². The van der Waals surface area contributed by atoms with Crippen LogP contribution in [0.3, 0.4) is 0 Å². The van der Waals surface area contributed by atoms with E-state index in [1.165, 1.54) is 42.5 Å². The van der Waals surface area contributed by atoms with E-state index in [-0.39, 0.29) is 16.1 Å². The van der Waals surface area contributed by atoms with Crippen LogP contribution in [0.4, 0.5) is 18.9 Å². The van der Waals surface area contributed by atoms with Crippen molar-refractivity contribution in [3.8, 4) is 0 Å². The van der Waals surface area contributed by atoms with Crippen LogP contribution in [0.1, 0.15) is 11.1 Å². The number of hydrazone groups is 1. The number of halogens is 4. The van der Waals surface area contributed by atoms with Gasteiger partial charge in [0.15, 0.2) is 0 Å². The lowest BCUT2D eigenvalue weighted by Gasteiger charge is -2.23. The van der Waals surface area contributed by atoms with Gasteiger partial charge in [-0.1, -0.05) is 58.4 Å². The maximum Gasteiger partial charge on any atom is 0.417 e. The third-order valence-electron chi connectivity index (χ3n) is 4.37. The minimum atomic E-state index is -4.59. The van der Waals surface area contributed by atoms with Crippen molar-refractivity contribution in [2.45, 2.75) is 11.1 Å². The van der Waals surface area contributed by atoms with Gasteiger partial charge < -0.3 is 0 Å². The average Bonchev–Trinajstić information content (AvgIpc) is 2.77. The molecule has 0 aliphatic heterocycles. The zero-order valence-electron chi connectivity index (χ0n) is 16.8. The Balaban J connectivity index is 1.84. The zero-order valence-corrected chi connectivity index (χ0v) is 19.2. The molecule has 0 aliphatic carbocycles. The predicted octanol–water partition coefficient (Wildman–Crippen LogP) is 4.81. The van der Waals surface area contributed by atoms with Crippen molar-refractivity contribution < 1.29 is 26.4 Å². The molecule has 1 amide bonds. The maximum atomic E-state index is 13.2. The second kappa shape index (κ2) is 10.2. The van der Waals surface area contributed by atoms with Crippen LogP contribution in [0.5, 0.6) is 0 Å². The lowest BCUT2D eigenvalue weighted by atomic mass is 10.1. The summed E-state index contributed by atoms with van der Waals surface area (Å²) in [7, 11) is -4.12. The van der Waals surface area contributed by atoms with Crippen LogP contribution in [0.2, 0.25) is 0 Å². The first kappa shape index (κ1) is 24.5. The predicted molar refractivity (Wildman–Crippen MR) is 122 cm³/mol. The maximum absolute atomic E-state index is 13.2. The van der Waals surface area contributed by atoms with Gasteiger partial charge in [-0.3, -0.25) is 9.10 Å². The highest BCUT2D eigenvalue weighted by atomic mass is 79.9. The minimum absolute atomic E-state index is 0.0274. The van der Waals surface area contributed by atoms with Gasteiger partial charge in [-0.15, -0.1) is 0 Å². The van der Waals surface area contributed by atoms with Gasteiger partial charge in [-0.25, -0.2) is 13.8 Å². The molecule has 0 radical (unpaired) electrons. The summed E-state index contributed by atoms with van der Waals surface area (Å²) >= 11 is 3.27. The molecule has 172 valence electrons. The molecule has 0 atom stereocenters. The van der Waals surface area contributed by atoms with Gasteiger partial charge in [0, 0.05) is 10.0 Å². The number of sulfonamides is 1. The van der Waals surface area contributed by atoms with Crippen LogP contribution < -0.4 is 9.73 Å². The van der Waals surface area contributed by atoms with Crippen molar-refractivity contribution in [2.24, 2.45) is 5.10 Å². The second-order valence-corrected chi connectivity index (χ2v) is 9.46. The fourth-order valence-corrected chi connectivity index (χ4v) is 4.69. The summed E-state index contributed by atoms with van der Waals surface area (Å²) in [6.45, 7) is -0.647. The van der Waals surface area contributed by atoms with E-state index < -0.39 is 34.2 Å². The second-order valence-electron chi connectivity index (χ2n) is 6.68. The third-order valence-corrected chi connectivity index (χ3v) is 6.66. The monoisotopic (exact) mass is 539 g/mol. The van der Waals surface area contributed by atoms with E-state index in [1.807, 2.05) is 0 Å². The summed E-state index contributed by atoms with van der Waals surface area (Å²) in [5, 5.41) is 3.58. The molecule has 0 fully saturated rings. The molecule has 11 heteroatoms. The number of amides is 1. The summed E-state index contributed by atoms with van der Waals surface area (Å²) in [5.74, 6) is -0.838. The fraction of sp³-hybridized carbons (Fsp3) is 0.0909. The molecule has 0 aromatic heterocycles. The van der Waals surface area contributed by atoms with Crippen LogP contribution >= 0.6 is 15.9 Å². The summed E-state index contributed by atoms with van der Waals surface area (Å²) in [4.78, 5) is 12.5. The van der Waals surface area contributed by atoms with E-state index in [0.717, 1.165) is 16.6 Å². The molecule has 3 rings (SSSR count). The molecule has 0 heterocycles.